The van der Waals surface area contributed by atoms with Gasteiger partial charge in [-0.15, -0.1) is 0 Å². The Balaban J connectivity index is 2.82. The molecule has 0 saturated heterocycles. The summed E-state index contributed by atoms with van der Waals surface area (Å²) in [5, 5.41) is 1.09. The van der Waals surface area contributed by atoms with Crippen LogP contribution in [0.5, 0.6) is 0 Å². The molecule has 1 aliphatic rings. The molecule has 0 amide bonds. The molecule has 4 heteroatoms. The molecule has 1 aliphatic heterocycles. The Labute approximate surface area is 74.0 Å². The van der Waals surface area contributed by atoms with Crippen LogP contribution in [-0.2, 0) is 9.84 Å². The van der Waals surface area contributed by atoms with Gasteiger partial charge in [0.05, 0.1) is 5.41 Å². The fraction of sp³-hybridized carbons (Fsp3) is 0.750. The summed E-state index contributed by atoms with van der Waals surface area (Å²) in [7, 11) is -2.88. The van der Waals surface area contributed by atoms with Crippen LogP contribution in [0.4, 0.5) is 0 Å². The smallest absolute Gasteiger partial charge is 0.181 e. The maximum absolute atomic E-state index is 11.1. The molecule has 1 atom stereocenters. The summed E-state index contributed by atoms with van der Waals surface area (Å²) >= 11 is 0. The van der Waals surface area contributed by atoms with Gasteiger partial charge in [-0.2, -0.15) is 0 Å². The Bertz CT molecular complexity index is 288. The van der Waals surface area contributed by atoms with E-state index in [1.165, 1.54) is 5.41 Å². The minimum absolute atomic E-state index is 0.294. The van der Waals surface area contributed by atoms with Crippen LogP contribution in [0, 0.1) is 0 Å². The molecule has 0 bridgehead atoms. The third-order valence-electron chi connectivity index (χ3n) is 2.32. The van der Waals surface area contributed by atoms with Crippen molar-refractivity contribution in [3.8, 4) is 0 Å². The average molecular weight is 189 g/mol. The number of rotatable bonds is 3. The highest BCUT2D eigenvalue weighted by atomic mass is 32.2. The molecule has 0 saturated carbocycles. The Hall–Kier alpha value is -0.510. The zero-order valence-electron chi connectivity index (χ0n) is 7.74. The zero-order valence-corrected chi connectivity index (χ0v) is 8.56. The van der Waals surface area contributed by atoms with Gasteiger partial charge in [0.15, 0.2) is 9.84 Å². The minimum Gasteiger partial charge on any atom is -0.374 e. The first-order valence-corrected chi connectivity index (χ1v) is 5.84. The number of hydrogen-bond donors (Lipinski definition) is 0. The van der Waals surface area contributed by atoms with Crippen molar-refractivity contribution < 1.29 is 8.42 Å². The van der Waals surface area contributed by atoms with Gasteiger partial charge in [-0.3, -0.25) is 0 Å². The van der Waals surface area contributed by atoms with Crippen LogP contribution in [0.3, 0.4) is 0 Å². The molecule has 0 spiro atoms. The zero-order chi connectivity index (χ0) is 9.35. The van der Waals surface area contributed by atoms with E-state index in [0.717, 1.165) is 18.8 Å². The molecule has 1 unspecified atom stereocenters. The van der Waals surface area contributed by atoms with Crippen molar-refractivity contribution in [3.63, 3.8) is 0 Å². The first-order valence-electron chi connectivity index (χ1n) is 4.23. The van der Waals surface area contributed by atoms with Gasteiger partial charge in [0.2, 0.25) is 0 Å². The summed E-state index contributed by atoms with van der Waals surface area (Å²) in [6.07, 6.45) is 0. The fourth-order valence-corrected chi connectivity index (χ4v) is 2.61. The molecule has 0 radical (unpaired) electrons. The van der Waals surface area contributed by atoms with Crippen molar-refractivity contribution in [3.05, 3.63) is 11.1 Å². The molecule has 1 heterocycles. The summed E-state index contributed by atoms with van der Waals surface area (Å²) < 4.78 is 22.1. The molecular formula is C8H15NO2S. The monoisotopic (exact) mass is 189 g/mol. The first kappa shape index (κ1) is 9.58. The van der Waals surface area contributed by atoms with Crippen LogP contribution in [0.2, 0.25) is 0 Å². The standard InChI is InChI=1S/C8H15NO2S/c1-4-9(5-2)8-6-12(10,11)7(8)3/h6-7H,4-5H2,1-3H3. The topological polar surface area (TPSA) is 37.4 Å². The van der Waals surface area contributed by atoms with Gasteiger partial charge in [-0.05, 0) is 20.8 Å². The van der Waals surface area contributed by atoms with Gasteiger partial charge in [0.25, 0.3) is 0 Å². The Morgan fingerprint density at radius 2 is 1.92 bits per heavy atom. The Kier molecular flexibility index (Phi) is 2.46. The van der Waals surface area contributed by atoms with Crippen molar-refractivity contribution >= 4 is 9.84 Å². The van der Waals surface area contributed by atoms with Gasteiger partial charge in [0.1, 0.15) is 5.25 Å². The van der Waals surface area contributed by atoms with Crippen molar-refractivity contribution in [2.75, 3.05) is 13.1 Å². The lowest BCUT2D eigenvalue weighted by Gasteiger charge is -2.33. The summed E-state index contributed by atoms with van der Waals surface area (Å²) in [6.45, 7) is 7.55. The second-order valence-electron chi connectivity index (χ2n) is 2.95. The van der Waals surface area contributed by atoms with Gasteiger partial charge in [-0.25, -0.2) is 8.42 Å². The van der Waals surface area contributed by atoms with Gasteiger partial charge in [-0.1, -0.05) is 0 Å². The lowest BCUT2D eigenvalue weighted by Crippen LogP contribution is -2.39. The van der Waals surface area contributed by atoms with E-state index in [4.69, 9.17) is 0 Å². The fourth-order valence-electron chi connectivity index (χ4n) is 1.38. The maximum atomic E-state index is 11.1. The third-order valence-corrected chi connectivity index (χ3v) is 4.12. The van der Waals surface area contributed by atoms with E-state index in [1.807, 2.05) is 13.8 Å². The predicted octanol–water partition coefficient (Wildman–Crippen LogP) is 0.987. The van der Waals surface area contributed by atoms with Gasteiger partial charge >= 0.3 is 0 Å². The Morgan fingerprint density at radius 3 is 2.17 bits per heavy atom. The van der Waals surface area contributed by atoms with E-state index < -0.39 is 9.84 Å². The van der Waals surface area contributed by atoms with Crippen LogP contribution in [-0.4, -0.2) is 31.7 Å². The van der Waals surface area contributed by atoms with Crippen molar-refractivity contribution in [1.29, 1.82) is 0 Å². The summed E-state index contributed by atoms with van der Waals surface area (Å²) in [6, 6.07) is 0. The second-order valence-corrected chi connectivity index (χ2v) is 5.07. The van der Waals surface area contributed by atoms with E-state index in [2.05, 4.69) is 4.90 Å². The molecule has 0 aromatic rings. The number of sulfone groups is 1. The predicted molar refractivity (Wildman–Crippen MR) is 49.4 cm³/mol. The van der Waals surface area contributed by atoms with Gasteiger partial charge < -0.3 is 4.90 Å². The largest absolute Gasteiger partial charge is 0.374 e. The Morgan fingerprint density at radius 1 is 1.42 bits per heavy atom. The molecule has 0 N–H and O–H groups in total. The van der Waals surface area contributed by atoms with E-state index in [9.17, 15) is 8.42 Å². The lowest BCUT2D eigenvalue weighted by atomic mass is 10.3. The van der Waals surface area contributed by atoms with Gasteiger partial charge in [0, 0.05) is 18.8 Å². The van der Waals surface area contributed by atoms with Crippen LogP contribution in [0.1, 0.15) is 20.8 Å². The first-order chi connectivity index (χ1) is 5.53. The van der Waals surface area contributed by atoms with Crippen molar-refractivity contribution in [2.24, 2.45) is 0 Å². The molecular weight excluding hydrogens is 174 g/mol. The normalized spacial score (nSPS) is 25.9. The highest BCUT2D eigenvalue weighted by Crippen LogP contribution is 2.28. The average Bonchev–Trinajstić information content (AvgIpc) is 2.04. The summed E-state index contributed by atoms with van der Waals surface area (Å²) in [4.78, 5) is 2.08. The molecule has 0 aromatic carbocycles. The lowest BCUT2D eigenvalue weighted by molar-refractivity contribution is 0.366. The third kappa shape index (κ3) is 1.35. The van der Waals surface area contributed by atoms with E-state index in [0.29, 0.717) is 0 Å². The van der Waals surface area contributed by atoms with Crippen molar-refractivity contribution in [1.82, 2.24) is 4.90 Å². The molecule has 0 aliphatic carbocycles. The second kappa shape index (κ2) is 3.09. The van der Waals surface area contributed by atoms with Crippen LogP contribution < -0.4 is 0 Å². The molecule has 0 aromatic heterocycles. The van der Waals surface area contributed by atoms with Crippen molar-refractivity contribution in [2.45, 2.75) is 26.0 Å². The van der Waals surface area contributed by atoms with E-state index >= 15 is 0 Å². The molecule has 3 nitrogen and oxygen atoms in total. The SMILES string of the molecule is CCN(CC)C1=CS(=O)(=O)C1C. The molecule has 70 valence electrons. The highest BCUT2D eigenvalue weighted by molar-refractivity contribution is 7.96. The van der Waals surface area contributed by atoms with Crippen LogP contribution >= 0.6 is 0 Å². The molecule has 0 fully saturated rings. The van der Waals surface area contributed by atoms with Crippen LogP contribution in [0.25, 0.3) is 0 Å². The molecule has 1 rings (SSSR count). The van der Waals surface area contributed by atoms with Crippen LogP contribution in [0.15, 0.2) is 11.1 Å². The quantitative estimate of drug-likeness (QED) is 0.664. The summed E-state index contributed by atoms with van der Waals surface area (Å²) in [5.74, 6) is 0. The van der Waals surface area contributed by atoms with E-state index in [-0.39, 0.29) is 5.25 Å². The number of nitrogens with zero attached hydrogens (tertiary/aromatic N) is 1. The maximum Gasteiger partial charge on any atom is 0.181 e. The number of hydrogen-bond acceptors (Lipinski definition) is 3. The summed E-state index contributed by atoms with van der Waals surface area (Å²) in [5.41, 5.74) is 0.958. The van der Waals surface area contributed by atoms with E-state index in [1.54, 1.807) is 6.92 Å². The minimum atomic E-state index is -2.88. The molecule has 12 heavy (non-hydrogen) atoms. The highest BCUT2D eigenvalue weighted by Gasteiger charge is 2.35.